The van der Waals surface area contributed by atoms with E-state index in [0.717, 1.165) is 50.7 Å². The van der Waals surface area contributed by atoms with Crippen molar-refractivity contribution < 1.29 is 78.7 Å². The van der Waals surface area contributed by atoms with Crippen LogP contribution in [0.25, 0.3) is 0 Å². The summed E-state index contributed by atoms with van der Waals surface area (Å²) in [6.07, 6.45) is -12.0. The monoisotopic (exact) mass is 854 g/mol. The molecule has 16 nitrogen and oxygen atoms in total. The fourth-order valence-electron chi connectivity index (χ4n) is 13.8. The zero-order valence-corrected chi connectivity index (χ0v) is 35.8. The maximum absolute atomic E-state index is 11.6. The standard InChI is InChI=1S/C44H70O16/c1-18-9-12-44(54-16-18)19(2)30-28(60-44)15-26-24-8-7-22-13-23(45)14-29(43(22,6)25(24)10-11-42(26,30)5)57-41-38(59-40-36(52)34(50)31(47)20(3)55-40)37(32(48)21(4)56-41)58-39-35(51)33(49)27(46)17-53-39/h7,18-21,23-41,45-52H,8-17H2,1-6H3/t18-,19+,20-,21+,23-,24-,25+,26+,27-,28+,29-,30-,31+,32-,33-,34+,35+,36+,37+,38+,39+,40+,41+,42+,43+,44+/m1/s1. The van der Waals surface area contributed by atoms with Crippen molar-refractivity contribution >= 4 is 0 Å². The van der Waals surface area contributed by atoms with Crippen molar-refractivity contribution in [3.63, 3.8) is 0 Å². The van der Waals surface area contributed by atoms with Gasteiger partial charge in [0.1, 0.15) is 54.9 Å². The lowest BCUT2D eigenvalue weighted by Crippen LogP contribution is -2.66. The van der Waals surface area contributed by atoms with Crippen LogP contribution in [0, 0.1) is 46.3 Å². The van der Waals surface area contributed by atoms with Gasteiger partial charge < -0.3 is 78.7 Å². The molecule has 9 aliphatic rings. The molecular formula is C44H70O16. The summed E-state index contributed by atoms with van der Waals surface area (Å²) in [7, 11) is 0. The predicted octanol–water partition coefficient (Wildman–Crippen LogP) is 0.852. The first-order chi connectivity index (χ1) is 28.4. The van der Waals surface area contributed by atoms with Crippen LogP contribution in [0.1, 0.15) is 92.9 Å². The summed E-state index contributed by atoms with van der Waals surface area (Å²) in [4.78, 5) is 0. The highest BCUT2D eigenvalue weighted by atomic mass is 16.8. The van der Waals surface area contributed by atoms with Crippen molar-refractivity contribution in [3.8, 4) is 0 Å². The number of rotatable bonds is 6. The van der Waals surface area contributed by atoms with Crippen LogP contribution < -0.4 is 0 Å². The molecule has 1 spiro atoms. The Kier molecular flexibility index (Phi) is 12.0. The fraction of sp³-hybridized carbons (Fsp3) is 0.955. The van der Waals surface area contributed by atoms with Gasteiger partial charge in [-0.15, -0.1) is 0 Å². The zero-order chi connectivity index (χ0) is 42.8. The van der Waals surface area contributed by atoms with Crippen molar-refractivity contribution in [1.29, 1.82) is 0 Å². The van der Waals surface area contributed by atoms with Crippen molar-refractivity contribution in [1.82, 2.24) is 0 Å². The highest BCUT2D eigenvalue weighted by Crippen LogP contribution is 2.71. The molecule has 0 amide bonds. The second-order valence-electron chi connectivity index (χ2n) is 20.7. The number of ether oxygens (including phenoxy) is 8. The second-order valence-corrected chi connectivity index (χ2v) is 20.7. The molecule has 9 rings (SSSR count). The molecule has 4 aliphatic carbocycles. The first-order valence-electron chi connectivity index (χ1n) is 22.7. The summed E-state index contributed by atoms with van der Waals surface area (Å²) in [5.41, 5.74) is 0.681. The molecule has 0 aromatic heterocycles. The van der Waals surface area contributed by atoms with Crippen LogP contribution in [-0.2, 0) is 37.9 Å². The zero-order valence-electron chi connectivity index (χ0n) is 35.8. The van der Waals surface area contributed by atoms with Gasteiger partial charge in [-0.1, -0.05) is 39.3 Å². The number of allylic oxidation sites excluding steroid dienone is 1. The van der Waals surface area contributed by atoms with Gasteiger partial charge in [0.25, 0.3) is 0 Å². The maximum Gasteiger partial charge on any atom is 0.187 e. The molecule has 0 aromatic rings. The molecule has 26 atom stereocenters. The van der Waals surface area contributed by atoms with E-state index in [1.54, 1.807) is 6.92 Å². The Balaban J connectivity index is 1.01. The van der Waals surface area contributed by atoms with Gasteiger partial charge in [0, 0.05) is 24.2 Å². The minimum absolute atomic E-state index is 0.0699. The van der Waals surface area contributed by atoms with Crippen LogP contribution in [0.2, 0.25) is 0 Å². The van der Waals surface area contributed by atoms with E-state index >= 15 is 0 Å². The van der Waals surface area contributed by atoms with Gasteiger partial charge in [-0.2, -0.15) is 0 Å². The number of aliphatic hydroxyl groups excluding tert-OH is 8. The minimum atomic E-state index is -1.72. The largest absolute Gasteiger partial charge is 0.393 e. The molecular weight excluding hydrogens is 784 g/mol. The summed E-state index contributed by atoms with van der Waals surface area (Å²) < 4.78 is 51.1. The Labute approximate surface area is 352 Å². The summed E-state index contributed by atoms with van der Waals surface area (Å²) >= 11 is 0. The smallest absolute Gasteiger partial charge is 0.187 e. The highest BCUT2D eigenvalue weighted by Gasteiger charge is 2.69. The molecule has 0 aromatic carbocycles. The summed E-state index contributed by atoms with van der Waals surface area (Å²) in [5.74, 6) is 1.67. The molecule has 5 aliphatic heterocycles. The van der Waals surface area contributed by atoms with Gasteiger partial charge in [-0.05, 0) is 87.4 Å². The molecule has 5 saturated heterocycles. The Bertz CT molecular complexity index is 1580. The van der Waals surface area contributed by atoms with Crippen molar-refractivity contribution in [2.24, 2.45) is 46.3 Å². The molecule has 16 heteroatoms. The van der Waals surface area contributed by atoms with Crippen molar-refractivity contribution in [2.45, 2.75) is 203 Å². The lowest BCUT2D eigenvalue weighted by Gasteiger charge is -2.60. The second kappa shape index (κ2) is 16.2. The van der Waals surface area contributed by atoms with Gasteiger partial charge in [0.05, 0.1) is 43.7 Å². The van der Waals surface area contributed by atoms with Gasteiger partial charge in [-0.3, -0.25) is 0 Å². The van der Waals surface area contributed by atoms with E-state index < -0.39 is 109 Å². The fourth-order valence-corrected chi connectivity index (χ4v) is 13.8. The molecule has 5 heterocycles. The lowest BCUT2D eigenvalue weighted by molar-refractivity contribution is -0.391. The van der Waals surface area contributed by atoms with Crippen molar-refractivity contribution in [3.05, 3.63) is 11.6 Å². The van der Waals surface area contributed by atoms with Crippen molar-refractivity contribution in [2.75, 3.05) is 13.2 Å². The van der Waals surface area contributed by atoms with E-state index in [2.05, 4.69) is 33.8 Å². The molecule has 342 valence electrons. The molecule has 60 heavy (non-hydrogen) atoms. The van der Waals surface area contributed by atoms with E-state index in [4.69, 9.17) is 37.9 Å². The van der Waals surface area contributed by atoms with Gasteiger partial charge in [-0.25, -0.2) is 0 Å². The normalized spacial score (nSPS) is 59.2. The average molecular weight is 855 g/mol. The molecule has 0 radical (unpaired) electrons. The van der Waals surface area contributed by atoms with Gasteiger partial charge in [0.15, 0.2) is 24.7 Å². The van der Waals surface area contributed by atoms with E-state index in [1.807, 2.05) is 0 Å². The lowest BCUT2D eigenvalue weighted by atomic mass is 9.46. The highest BCUT2D eigenvalue weighted by molar-refractivity contribution is 5.29. The number of hydrogen-bond acceptors (Lipinski definition) is 16. The van der Waals surface area contributed by atoms with Crippen LogP contribution in [0.4, 0.5) is 0 Å². The molecule has 8 fully saturated rings. The van der Waals surface area contributed by atoms with E-state index in [1.165, 1.54) is 6.92 Å². The number of aliphatic hydroxyl groups is 8. The first-order valence-corrected chi connectivity index (χ1v) is 22.7. The van der Waals surface area contributed by atoms with Crippen LogP contribution in [0.5, 0.6) is 0 Å². The number of hydrogen-bond donors (Lipinski definition) is 8. The molecule has 8 N–H and O–H groups in total. The van der Waals surface area contributed by atoms with Crippen LogP contribution in [-0.4, -0.2) is 164 Å². The third kappa shape index (κ3) is 7.01. The first kappa shape index (κ1) is 44.3. The van der Waals surface area contributed by atoms with Crippen LogP contribution in [0.15, 0.2) is 11.6 Å². The Morgan fingerprint density at radius 3 is 2.12 bits per heavy atom. The Morgan fingerprint density at radius 1 is 0.683 bits per heavy atom. The third-order valence-corrected chi connectivity index (χ3v) is 17.3. The molecule has 0 bridgehead atoms. The predicted molar refractivity (Wildman–Crippen MR) is 208 cm³/mol. The quantitative estimate of drug-likeness (QED) is 0.173. The maximum atomic E-state index is 11.6. The van der Waals surface area contributed by atoms with Crippen LogP contribution in [0.3, 0.4) is 0 Å². The average Bonchev–Trinajstić information content (AvgIpc) is 3.66. The summed E-state index contributed by atoms with van der Waals surface area (Å²) in [6, 6.07) is 0. The Morgan fingerprint density at radius 2 is 1.38 bits per heavy atom. The van der Waals surface area contributed by atoms with Crippen LogP contribution >= 0.6 is 0 Å². The Hall–Kier alpha value is -0.900. The minimum Gasteiger partial charge on any atom is -0.393 e. The van der Waals surface area contributed by atoms with Gasteiger partial charge >= 0.3 is 0 Å². The SMILES string of the molecule is C[C@@H]1CC[C@]2(OC1)O[C@H]1C[C@H]3[C@@H]4CC=C5C[C@@H](O)C[C@@H](O[C@@H]6O[C@@H](C)[C@@H](O)[C@H](O[C@@H]7OC[C@@H](O)[C@@H](O)[C@@H]7O)[C@@H]6O[C@@H]6O[C@H](C)[C@H](O)[C@H](O)[C@@H]6O)[C@]5(C)[C@H]4CC[C@]3(C)[C@@H]1[C@@H]2C. The van der Waals surface area contributed by atoms with E-state index in [-0.39, 0.29) is 36.4 Å². The topological polar surface area (TPSA) is 236 Å². The van der Waals surface area contributed by atoms with E-state index in [0.29, 0.717) is 30.1 Å². The summed E-state index contributed by atoms with van der Waals surface area (Å²) in [5, 5.41) is 86.8. The van der Waals surface area contributed by atoms with E-state index in [9.17, 15) is 40.9 Å². The summed E-state index contributed by atoms with van der Waals surface area (Å²) in [6.45, 7) is 12.8. The number of fused-ring (bicyclic) bond motifs is 7. The van der Waals surface area contributed by atoms with Gasteiger partial charge in [0.2, 0.25) is 0 Å². The molecule has 0 unspecified atom stereocenters. The molecule has 3 saturated carbocycles. The third-order valence-electron chi connectivity index (χ3n) is 17.3.